The molecule has 392 valence electrons. The quantitative estimate of drug-likeness (QED) is 0.0636. The molecule has 3 aliphatic heterocycles. The third-order valence-corrected chi connectivity index (χ3v) is 33.0. The summed E-state index contributed by atoms with van der Waals surface area (Å²) in [7, 11) is -4.20. The molecule has 7 heterocycles. The fourth-order valence-corrected chi connectivity index (χ4v) is 25.2. The minimum atomic E-state index is -2.89. The van der Waals surface area contributed by atoms with Gasteiger partial charge in [0.1, 0.15) is 36.6 Å². The van der Waals surface area contributed by atoms with E-state index in [2.05, 4.69) is 127 Å². The first-order valence-corrected chi connectivity index (χ1v) is 30.7. The number of aliphatic hydroxyl groups is 4. The number of hydrogen-bond acceptors (Lipinski definition) is 19. The number of nitrogen functional groups attached to an aromatic ring is 2. The first kappa shape index (κ1) is 58.5. The summed E-state index contributed by atoms with van der Waals surface area (Å²) in [6.07, 6.45) is -4.25. The minimum absolute atomic E-state index is 0. The van der Waals surface area contributed by atoms with E-state index in [0.717, 1.165) is 0 Å². The third-order valence-electron chi connectivity index (χ3n) is 13.6. The topological polar surface area (TPSA) is 285 Å². The number of halogens is 1. The van der Waals surface area contributed by atoms with Crippen LogP contribution in [0.4, 0.5) is 11.9 Å². The number of nitrogens with zero attached hydrogens (tertiary/aromatic N) is 8. The van der Waals surface area contributed by atoms with Gasteiger partial charge in [0.25, 0.3) is 0 Å². The summed E-state index contributed by atoms with van der Waals surface area (Å²) in [6.45, 7) is 30.7. The van der Waals surface area contributed by atoms with Crippen molar-refractivity contribution in [2.24, 2.45) is 0 Å². The summed E-state index contributed by atoms with van der Waals surface area (Å²) in [5.74, 6) is 0.484. The van der Waals surface area contributed by atoms with Crippen LogP contribution in [0.2, 0.25) is 38.8 Å². The van der Waals surface area contributed by atoms with Gasteiger partial charge < -0.3 is 63.8 Å². The number of aliphatic hydroxyl groups excluding tert-OH is 4. The van der Waals surface area contributed by atoms with Crippen molar-refractivity contribution in [2.45, 2.75) is 192 Å². The van der Waals surface area contributed by atoms with Crippen LogP contribution >= 0.6 is 11.1 Å². The van der Waals surface area contributed by atoms with Gasteiger partial charge in [0.05, 0.1) is 40.1 Å². The molecule has 21 nitrogen and oxygen atoms in total. The summed E-state index contributed by atoms with van der Waals surface area (Å²) in [4.78, 5) is 24.9. The minimum Gasteiger partial charge on any atom is -0.479 e. The molecule has 3 fully saturated rings. The molecule has 0 saturated carbocycles. The van der Waals surface area contributed by atoms with Crippen molar-refractivity contribution >= 4 is 69.8 Å². The van der Waals surface area contributed by atoms with Gasteiger partial charge in [-0.3, -0.25) is 9.13 Å². The van der Waals surface area contributed by atoms with Gasteiger partial charge in [-0.25, -0.2) is 9.97 Å². The van der Waals surface area contributed by atoms with E-state index in [4.69, 9.17) is 59.6 Å². The maximum atomic E-state index is 11.6. The fraction of sp³-hybridized carbons (Fsp3) is 0.773. The highest BCUT2D eigenvalue weighted by Gasteiger charge is 2.62. The van der Waals surface area contributed by atoms with Crippen LogP contribution in [0.1, 0.15) is 117 Å². The average molecular weight is 1050 g/mol. The monoisotopic (exact) mass is 1040 g/mol. The van der Waals surface area contributed by atoms with Crippen molar-refractivity contribution in [1.29, 1.82) is 0 Å². The molecule has 0 radical (unpaired) electrons. The zero-order valence-corrected chi connectivity index (χ0v) is 46.2. The second-order valence-corrected chi connectivity index (χ2v) is 35.9. The number of fused-ring (bicyclic) bond motifs is 3. The lowest BCUT2D eigenvalue weighted by Gasteiger charge is -2.51. The normalized spacial score (nSPS) is 25.7. The molecule has 7 rings (SSSR count). The van der Waals surface area contributed by atoms with Crippen LogP contribution in [0.5, 0.6) is 11.8 Å². The maximum Gasteiger partial charge on any atom is 0.335 e. The van der Waals surface area contributed by atoms with Gasteiger partial charge in [0.2, 0.25) is 23.7 Å². The molecule has 0 unspecified atom stereocenters. The molecule has 0 amide bonds. The SMILES string of the molecule is C.CC(C)[Si](Cl)(C(C)C)C(C)C.COc1nc(N)nc2c1ncn2[C@@H]1O[C@@H]2CO[Si](C(C)C)(C(C)C)O[Si](C(C)C)(C(C)C)O[C@H]2[C@H]1O.COc1nc(N)nc2c1ncn2[C@@H]1O[C@H](CO)[C@@H](O)[C@H]1O. The van der Waals surface area contributed by atoms with Gasteiger partial charge in [-0.2, -0.15) is 31.0 Å². The van der Waals surface area contributed by atoms with E-state index in [1.165, 1.54) is 25.1 Å². The van der Waals surface area contributed by atoms with Crippen LogP contribution in [0.15, 0.2) is 12.7 Å². The predicted octanol–water partition coefficient (Wildman–Crippen LogP) is 6.70. The summed E-state index contributed by atoms with van der Waals surface area (Å²) in [5.41, 5.74) is 15.8. The maximum absolute atomic E-state index is 11.6. The van der Waals surface area contributed by atoms with Gasteiger partial charge in [-0.1, -0.05) is 104 Å². The van der Waals surface area contributed by atoms with Gasteiger partial charge in [-0.05, 0) is 38.8 Å². The smallest absolute Gasteiger partial charge is 0.335 e. The van der Waals surface area contributed by atoms with E-state index in [1.54, 1.807) is 10.9 Å². The van der Waals surface area contributed by atoms with E-state index in [0.29, 0.717) is 39.0 Å². The van der Waals surface area contributed by atoms with Crippen LogP contribution in [0.3, 0.4) is 0 Å². The zero-order valence-electron chi connectivity index (χ0n) is 42.5. The molecule has 4 aromatic rings. The number of nitrogens with two attached hydrogens (primary N) is 2. The summed E-state index contributed by atoms with van der Waals surface area (Å²) in [5, 5.41) is 40.6. The van der Waals surface area contributed by atoms with E-state index in [9.17, 15) is 15.3 Å². The highest BCUT2D eigenvalue weighted by molar-refractivity contribution is 7.22. The average Bonchev–Trinajstić information content (AvgIpc) is 4.03. The Balaban J connectivity index is 0.000000264. The molecule has 69 heavy (non-hydrogen) atoms. The summed E-state index contributed by atoms with van der Waals surface area (Å²) in [6, 6.07) is 0. The lowest BCUT2D eigenvalue weighted by atomic mass is 10.1. The number of ether oxygens (including phenoxy) is 4. The molecule has 0 aromatic carbocycles. The molecule has 8 N–H and O–H groups in total. The van der Waals surface area contributed by atoms with E-state index in [-0.39, 0.29) is 59.9 Å². The molecule has 8 atom stereocenters. The highest BCUT2D eigenvalue weighted by atomic mass is 35.6. The Morgan fingerprint density at radius 1 is 0.681 bits per heavy atom. The number of methoxy groups -OCH3 is 2. The van der Waals surface area contributed by atoms with Crippen LogP contribution in [-0.4, -0.2) is 148 Å². The van der Waals surface area contributed by atoms with Crippen molar-refractivity contribution in [3.05, 3.63) is 12.7 Å². The Morgan fingerprint density at radius 2 is 1.10 bits per heavy atom. The summed E-state index contributed by atoms with van der Waals surface area (Å²) >= 11 is 6.68. The molecule has 0 aliphatic carbocycles. The highest BCUT2D eigenvalue weighted by Crippen LogP contribution is 2.49. The summed E-state index contributed by atoms with van der Waals surface area (Å²) < 4.78 is 46.3. The Kier molecular flexibility index (Phi) is 19.6. The van der Waals surface area contributed by atoms with Crippen molar-refractivity contribution < 1.29 is 52.3 Å². The molecular formula is C44H81ClN10O11Si3. The number of hydrogen-bond donors (Lipinski definition) is 6. The zero-order chi connectivity index (χ0) is 51.0. The van der Waals surface area contributed by atoms with Crippen molar-refractivity contribution in [3.63, 3.8) is 0 Å². The fourth-order valence-electron chi connectivity index (χ4n) is 9.95. The number of anilines is 2. The molecule has 3 saturated heterocycles. The van der Waals surface area contributed by atoms with Crippen LogP contribution in [0.25, 0.3) is 22.3 Å². The molecule has 4 aromatic heterocycles. The van der Waals surface area contributed by atoms with E-state index >= 15 is 0 Å². The van der Waals surface area contributed by atoms with Gasteiger partial charge in [-0.15, -0.1) is 0 Å². The van der Waals surface area contributed by atoms with E-state index in [1.807, 2.05) is 0 Å². The lowest BCUT2D eigenvalue weighted by molar-refractivity contribution is -0.0570. The van der Waals surface area contributed by atoms with Crippen LogP contribution < -0.4 is 20.9 Å². The number of aromatic nitrogens is 8. The standard InChI is InChI=1S/C23H41N5O6Si2.C11H15N5O5.C9H21ClSi.CH4/c1-12(2)35(13(3)4)31-10-16-19(33-36(34-35,14(5)6)15(7)8)18(29)22(32-16)28-11-25-17-20(28)26-23(24)27-21(17)30-9;1-20-9-5-8(14-11(12)15-9)16(3-13-5)10-7(19)6(18)4(2-17)21-10;1-7(2)11(10,8(3)4)9(5)6;/h11-16,18-19,22,29H,10H2,1-9H3,(H2,24,26,27);3-4,6-7,10,17-19H,2H2,1H3,(H2,12,14,15);7-9H,1-6H3;1H4/t16-,18-,19-,22-;4-,6-,7-,10-;;/m11../s1. The van der Waals surface area contributed by atoms with E-state index < -0.39 is 80.2 Å². The van der Waals surface area contributed by atoms with Crippen LogP contribution in [0, 0.1) is 0 Å². The van der Waals surface area contributed by atoms with Gasteiger partial charge in [0, 0.05) is 0 Å². The number of imidazole rings is 2. The van der Waals surface area contributed by atoms with Crippen molar-refractivity contribution in [3.8, 4) is 11.8 Å². The Morgan fingerprint density at radius 3 is 1.45 bits per heavy atom. The Hall–Kier alpha value is -3.12. The molecule has 3 aliphatic rings. The largest absolute Gasteiger partial charge is 0.479 e. The predicted molar refractivity (Wildman–Crippen MR) is 273 cm³/mol. The van der Waals surface area contributed by atoms with Gasteiger partial charge >= 0.3 is 17.1 Å². The van der Waals surface area contributed by atoms with Gasteiger partial charge in [0.15, 0.2) is 42.2 Å². The first-order valence-electron chi connectivity index (χ1n) is 23.5. The van der Waals surface area contributed by atoms with Crippen molar-refractivity contribution in [1.82, 2.24) is 39.0 Å². The molecular weight excluding hydrogens is 964 g/mol. The second-order valence-electron chi connectivity index (χ2n) is 20.0. The molecule has 0 bridgehead atoms. The second kappa shape index (κ2) is 23.2. The first-order chi connectivity index (χ1) is 31.8. The molecule has 0 spiro atoms. The lowest BCUT2D eigenvalue weighted by Crippen LogP contribution is -2.65. The molecule has 25 heteroatoms. The number of rotatable bonds is 12. The Bertz CT molecular complexity index is 2250. The Labute approximate surface area is 415 Å². The third kappa shape index (κ3) is 11.1. The van der Waals surface area contributed by atoms with Crippen LogP contribution in [-0.2, 0) is 22.4 Å². The van der Waals surface area contributed by atoms with Crippen molar-refractivity contribution in [2.75, 3.05) is 38.9 Å².